The third kappa shape index (κ3) is 1.62. The first-order valence-corrected chi connectivity index (χ1v) is 4.52. The lowest BCUT2D eigenvalue weighted by Crippen LogP contribution is -1.80. The van der Waals surface area contributed by atoms with E-state index in [-0.39, 0.29) is 0 Å². The van der Waals surface area contributed by atoms with Gasteiger partial charge in [0.1, 0.15) is 10.7 Å². The van der Waals surface area contributed by atoms with Crippen LogP contribution in [-0.4, -0.2) is 16.3 Å². The minimum Gasteiger partial charge on any atom is -0.283 e. The Morgan fingerprint density at radius 2 is 2.38 bits per heavy atom. The van der Waals surface area contributed by atoms with Crippen molar-refractivity contribution in [2.75, 3.05) is 0 Å². The normalized spacial score (nSPS) is 9.85. The number of hydrogen-bond acceptors (Lipinski definition) is 4. The van der Waals surface area contributed by atoms with Crippen molar-refractivity contribution in [1.29, 1.82) is 0 Å². The second-order valence-corrected chi connectivity index (χ2v) is 3.24. The molecule has 13 heavy (non-hydrogen) atoms. The summed E-state index contributed by atoms with van der Waals surface area (Å²) in [7, 11) is 0. The predicted octanol–water partition coefficient (Wildman–Crippen LogP) is 1.66. The molecular weight excluding hydrogens is 184 g/mol. The van der Waals surface area contributed by atoms with Crippen molar-refractivity contribution in [3.8, 4) is 10.6 Å². The zero-order valence-corrected chi connectivity index (χ0v) is 7.41. The van der Waals surface area contributed by atoms with Crippen molar-refractivity contribution in [3.63, 3.8) is 0 Å². The fourth-order valence-corrected chi connectivity index (χ4v) is 1.67. The molecule has 0 fully saturated rings. The van der Waals surface area contributed by atoms with Crippen LogP contribution in [0.2, 0.25) is 0 Å². The van der Waals surface area contributed by atoms with Gasteiger partial charge in [0.2, 0.25) is 0 Å². The Hall–Kier alpha value is -1.55. The summed E-state index contributed by atoms with van der Waals surface area (Å²) in [5, 5.41) is 2.47. The van der Waals surface area contributed by atoms with Gasteiger partial charge in [-0.05, 0) is 12.1 Å². The molecule has 0 unspecified atom stereocenters. The van der Waals surface area contributed by atoms with E-state index in [2.05, 4.69) is 9.97 Å². The van der Waals surface area contributed by atoms with E-state index < -0.39 is 0 Å². The van der Waals surface area contributed by atoms with Crippen LogP contribution in [0.5, 0.6) is 0 Å². The van der Waals surface area contributed by atoms with Crippen molar-refractivity contribution >= 4 is 17.6 Å². The summed E-state index contributed by atoms with van der Waals surface area (Å²) in [6.45, 7) is 0. The number of thiazole rings is 1. The van der Waals surface area contributed by atoms with Crippen molar-refractivity contribution in [3.05, 3.63) is 35.6 Å². The van der Waals surface area contributed by atoms with Crippen molar-refractivity contribution in [2.24, 2.45) is 0 Å². The maximum Gasteiger partial charge on any atom is 0.254 e. The van der Waals surface area contributed by atoms with E-state index in [1.165, 1.54) is 11.3 Å². The number of carbonyl (C=O) groups excluding carboxylic acids is 1. The zero-order valence-electron chi connectivity index (χ0n) is 6.60. The van der Waals surface area contributed by atoms with E-state index in [0.29, 0.717) is 5.69 Å². The molecule has 1 radical (unpaired) electrons. The summed E-state index contributed by atoms with van der Waals surface area (Å²) >= 11 is 1.41. The molecule has 0 saturated heterocycles. The highest BCUT2D eigenvalue weighted by Crippen LogP contribution is 2.21. The molecule has 0 amide bonds. The number of rotatable bonds is 2. The Morgan fingerprint density at radius 3 is 3.00 bits per heavy atom. The molecule has 2 heterocycles. The summed E-state index contributed by atoms with van der Waals surface area (Å²) in [4.78, 5) is 18.3. The zero-order chi connectivity index (χ0) is 9.10. The van der Waals surface area contributed by atoms with E-state index in [4.69, 9.17) is 0 Å². The lowest BCUT2D eigenvalue weighted by molar-refractivity contribution is 0.562. The second kappa shape index (κ2) is 3.45. The Kier molecular flexibility index (Phi) is 2.14. The Morgan fingerprint density at radius 1 is 1.46 bits per heavy atom. The smallest absolute Gasteiger partial charge is 0.254 e. The highest BCUT2D eigenvalue weighted by Gasteiger charge is 2.03. The molecule has 2 aromatic rings. The average molecular weight is 189 g/mol. The molecule has 0 aliphatic heterocycles. The average Bonchev–Trinajstić information content (AvgIpc) is 2.67. The van der Waals surface area contributed by atoms with Crippen molar-refractivity contribution in [2.45, 2.75) is 0 Å². The number of aromatic nitrogens is 2. The molecule has 2 rings (SSSR count). The molecular formula is C9H5N2OS. The molecule has 2 aromatic heterocycles. The molecule has 0 bridgehead atoms. The molecule has 4 heteroatoms. The first kappa shape index (κ1) is 8.07. The quantitative estimate of drug-likeness (QED) is 0.721. The summed E-state index contributed by atoms with van der Waals surface area (Å²) < 4.78 is 0. The van der Waals surface area contributed by atoms with E-state index in [9.17, 15) is 4.79 Å². The molecule has 0 aromatic carbocycles. The lowest BCUT2D eigenvalue weighted by atomic mass is 10.3. The molecule has 0 N–H and O–H groups in total. The maximum atomic E-state index is 10.3. The van der Waals surface area contributed by atoms with Crippen LogP contribution < -0.4 is 0 Å². The number of pyridine rings is 1. The Bertz CT molecular complexity index is 411. The van der Waals surface area contributed by atoms with E-state index in [1.54, 1.807) is 24.1 Å². The van der Waals surface area contributed by atoms with Crippen LogP contribution in [0.4, 0.5) is 0 Å². The summed E-state index contributed by atoms with van der Waals surface area (Å²) in [5.41, 5.74) is 1.28. The molecule has 0 aliphatic carbocycles. The van der Waals surface area contributed by atoms with Crippen LogP contribution >= 0.6 is 11.3 Å². The van der Waals surface area contributed by atoms with Crippen LogP contribution in [0.1, 0.15) is 5.69 Å². The van der Waals surface area contributed by atoms with Gasteiger partial charge in [-0.3, -0.25) is 9.78 Å². The first-order valence-electron chi connectivity index (χ1n) is 3.64. The summed E-state index contributed by atoms with van der Waals surface area (Å²) in [5.74, 6) is 0. The van der Waals surface area contributed by atoms with Gasteiger partial charge < -0.3 is 0 Å². The van der Waals surface area contributed by atoms with Gasteiger partial charge in [-0.2, -0.15) is 0 Å². The monoisotopic (exact) mass is 189 g/mol. The van der Waals surface area contributed by atoms with Gasteiger partial charge in [0.05, 0.1) is 0 Å². The lowest BCUT2D eigenvalue weighted by Gasteiger charge is -1.91. The number of nitrogens with zero attached hydrogens (tertiary/aromatic N) is 2. The van der Waals surface area contributed by atoms with E-state index in [0.717, 1.165) is 10.6 Å². The maximum absolute atomic E-state index is 10.3. The van der Waals surface area contributed by atoms with Crippen LogP contribution in [0.15, 0.2) is 29.9 Å². The Labute approximate surface area is 79.1 Å². The second-order valence-electron chi connectivity index (χ2n) is 2.38. The first-order chi connectivity index (χ1) is 6.40. The third-order valence-electron chi connectivity index (χ3n) is 1.52. The highest BCUT2D eigenvalue weighted by molar-refractivity contribution is 7.13. The van der Waals surface area contributed by atoms with Gasteiger partial charge in [0.25, 0.3) is 6.29 Å². The largest absolute Gasteiger partial charge is 0.283 e. The third-order valence-corrected chi connectivity index (χ3v) is 2.41. The molecule has 0 saturated carbocycles. The molecule has 63 valence electrons. The molecule has 0 spiro atoms. The van der Waals surface area contributed by atoms with Gasteiger partial charge in [-0.15, -0.1) is 11.3 Å². The predicted molar refractivity (Wildman–Crippen MR) is 50.1 cm³/mol. The van der Waals surface area contributed by atoms with Crippen LogP contribution in [-0.2, 0) is 4.79 Å². The van der Waals surface area contributed by atoms with Crippen molar-refractivity contribution in [1.82, 2.24) is 9.97 Å². The van der Waals surface area contributed by atoms with Gasteiger partial charge in [0, 0.05) is 23.3 Å². The molecule has 0 atom stereocenters. The molecule has 0 aliphatic rings. The topological polar surface area (TPSA) is 42.9 Å². The SMILES string of the molecule is O=[C]c1csc(-c2cccnc2)n1. The molecule has 3 nitrogen and oxygen atoms in total. The minimum absolute atomic E-state index is 0.351. The summed E-state index contributed by atoms with van der Waals surface area (Å²) in [6, 6.07) is 3.74. The van der Waals surface area contributed by atoms with E-state index >= 15 is 0 Å². The van der Waals surface area contributed by atoms with Gasteiger partial charge in [0.15, 0.2) is 0 Å². The van der Waals surface area contributed by atoms with Crippen LogP contribution in [0.25, 0.3) is 10.6 Å². The Balaban J connectivity index is 2.41. The summed E-state index contributed by atoms with van der Waals surface area (Å²) in [6.07, 6.45) is 5.16. The highest BCUT2D eigenvalue weighted by atomic mass is 32.1. The van der Waals surface area contributed by atoms with Gasteiger partial charge in [-0.25, -0.2) is 4.98 Å². The fraction of sp³-hybridized carbons (Fsp3) is 0. The fourth-order valence-electron chi connectivity index (χ4n) is 0.942. The van der Waals surface area contributed by atoms with Crippen LogP contribution in [0, 0.1) is 0 Å². The standard InChI is InChI=1S/C9H5N2OS/c12-5-8-6-13-9(11-8)7-2-1-3-10-4-7/h1-4,6H. The minimum atomic E-state index is 0.351. The number of hydrogen-bond donors (Lipinski definition) is 0. The van der Waals surface area contributed by atoms with Gasteiger partial charge >= 0.3 is 0 Å². The van der Waals surface area contributed by atoms with Crippen LogP contribution in [0.3, 0.4) is 0 Å². The van der Waals surface area contributed by atoms with E-state index in [1.807, 2.05) is 12.1 Å². The van der Waals surface area contributed by atoms with Crippen molar-refractivity contribution < 1.29 is 4.79 Å². The van der Waals surface area contributed by atoms with Gasteiger partial charge in [-0.1, -0.05) is 0 Å².